The lowest BCUT2D eigenvalue weighted by Gasteiger charge is -2.40. The molecule has 1 atom stereocenters. The first kappa shape index (κ1) is 39.7. The number of carbonyl (C=O) groups is 3. The van der Waals surface area contributed by atoms with Crippen LogP contribution in [0.3, 0.4) is 0 Å². The van der Waals surface area contributed by atoms with E-state index in [-0.39, 0.29) is 36.5 Å². The molecule has 4 aromatic carbocycles. The van der Waals surface area contributed by atoms with E-state index in [1.165, 1.54) is 39.5 Å². The van der Waals surface area contributed by atoms with Crippen LogP contribution < -0.4 is 22.5 Å². The number of carboxylic acids is 1. The quantitative estimate of drug-likeness (QED) is 0.218. The van der Waals surface area contributed by atoms with Gasteiger partial charge in [0.2, 0.25) is 5.91 Å². The third-order valence-corrected chi connectivity index (χ3v) is 9.71. The summed E-state index contributed by atoms with van der Waals surface area (Å²) >= 11 is 0. The van der Waals surface area contributed by atoms with Crippen molar-refractivity contribution in [2.24, 2.45) is 5.92 Å². The number of halogens is 2. The van der Waals surface area contributed by atoms with Gasteiger partial charge in [0.15, 0.2) is 0 Å². The predicted octanol–water partition coefficient (Wildman–Crippen LogP) is 3.78. The molecule has 0 unspecified atom stereocenters. The molecule has 2 amide bonds. The zero-order chi connectivity index (χ0) is 41.1. The summed E-state index contributed by atoms with van der Waals surface area (Å²) in [7, 11) is 0. The summed E-state index contributed by atoms with van der Waals surface area (Å²) in [5, 5.41) is 9.67. The normalized spacial score (nSPS) is 14.1. The van der Waals surface area contributed by atoms with E-state index in [4.69, 9.17) is 5.11 Å². The second kappa shape index (κ2) is 16.4. The average molecular weight is 781 g/mol. The SMILES string of the molecule is CC(C)C(=O)N1CCN(C(=O)c2cc(Cn3c(=O)[nH]c(=O)c4ccccc43)ccc2F)C[C@H]1C.O=C(O)c1cc(Cn2c(=O)[nH]c(=O)c3ccccc32)ccc1F. The van der Waals surface area contributed by atoms with Crippen LogP contribution in [0.15, 0.2) is 104 Å². The summed E-state index contributed by atoms with van der Waals surface area (Å²) < 4.78 is 30.8. The van der Waals surface area contributed by atoms with Gasteiger partial charge in [-0.3, -0.25) is 38.3 Å². The van der Waals surface area contributed by atoms with Crippen molar-refractivity contribution in [2.45, 2.75) is 39.9 Å². The summed E-state index contributed by atoms with van der Waals surface area (Å²) in [6.07, 6.45) is 0. The first-order valence-corrected chi connectivity index (χ1v) is 18.0. The van der Waals surface area contributed by atoms with Crippen molar-refractivity contribution in [1.82, 2.24) is 28.9 Å². The Morgan fingerprint density at radius 2 is 1.19 bits per heavy atom. The number of nitrogens with one attached hydrogen (secondary N) is 2. The van der Waals surface area contributed by atoms with E-state index in [2.05, 4.69) is 9.97 Å². The second-order valence-corrected chi connectivity index (χ2v) is 13.9. The van der Waals surface area contributed by atoms with E-state index in [9.17, 15) is 42.3 Å². The van der Waals surface area contributed by atoms with E-state index in [1.807, 2.05) is 20.8 Å². The Labute approximate surface area is 322 Å². The molecule has 7 rings (SSSR count). The Morgan fingerprint density at radius 3 is 1.67 bits per heavy atom. The highest BCUT2D eigenvalue weighted by Gasteiger charge is 2.32. The lowest BCUT2D eigenvalue weighted by atomic mass is 10.1. The standard InChI is InChI=1S/C25H27FN4O4.C16H11FN2O4/c1-15(2)23(32)29-11-10-28(13-16(29)3)24(33)19-12-17(8-9-20(19)26)14-30-21-7-5-4-6-18(21)22(31)27-25(30)34;17-12-6-5-9(7-11(12)15(21)22)8-19-13-4-2-1-3-10(13)14(20)18-16(19)23/h4-9,12,15-16H,10-11,13-14H2,1-3H3,(H,27,31,34);1-7H,8H2,(H,21,22)(H,18,20,23)/t16-;/m1./s1. The number of fused-ring (bicyclic) bond motifs is 2. The van der Waals surface area contributed by atoms with Crippen molar-refractivity contribution < 1.29 is 28.3 Å². The first-order chi connectivity index (χ1) is 27.1. The van der Waals surface area contributed by atoms with Crippen LogP contribution in [-0.2, 0) is 17.9 Å². The van der Waals surface area contributed by atoms with Crippen LogP contribution in [0.2, 0.25) is 0 Å². The minimum Gasteiger partial charge on any atom is -0.478 e. The molecule has 0 aliphatic carbocycles. The zero-order valence-corrected chi connectivity index (χ0v) is 31.1. The van der Waals surface area contributed by atoms with E-state index < -0.39 is 51.6 Å². The number of aromatic carboxylic acids is 1. The molecule has 0 radical (unpaired) electrons. The molecule has 294 valence electrons. The maximum Gasteiger partial charge on any atom is 0.338 e. The van der Waals surface area contributed by atoms with Crippen LogP contribution >= 0.6 is 0 Å². The molecule has 6 aromatic rings. The van der Waals surface area contributed by atoms with Gasteiger partial charge >= 0.3 is 17.3 Å². The number of aromatic nitrogens is 4. The van der Waals surface area contributed by atoms with Gasteiger partial charge in [0.05, 0.1) is 46.0 Å². The maximum absolute atomic E-state index is 14.7. The van der Waals surface area contributed by atoms with Crippen molar-refractivity contribution in [1.29, 1.82) is 0 Å². The Kier molecular flexibility index (Phi) is 11.4. The van der Waals surface area contributed by atoms with E-state index in [1.54, 1.807) is 58.3 Å². The number of H-pyrrole nitrogens is 2. The number of carboxylic acid groups (broad SMARTS) is 1. The minimum absolute atomic E-state index is 0.0106. The van der Waals surface area contributed by atoms with Gasteiger partial charge in [-0.25, -0.2) is 23.2 Å². The molecular weight excluding hydrogens is 742 g/mol. The molecule has 1 aliphatic heterocycles. The lowest BCUT2D eigenvalue weighted by molar-refractivity contribution is -0.138. The number of hydrogen-bond donors (Lipinski definition) is 3. The number of aromatic amines is 2. The Morgan fingerprint density at radius 1 is 0.719 bits per heavy atom. The number of nitrogens with zero attached hydrogens (tertiary/aromatic N) is 4. The molecule has 3 heterocycles. The molecule has 1 saturated heterocycles. The summed E-state index contributed by atoms with van der Waals surface area (Å²) in [6.45, 7) is 6.64. The van der Waals surface area contributed by atoms with Gasteiger partial charge in [-0.15, -0.1) is 0 Å². The highest BCUT2D eigenvalue weighted by Crippen LogP contribution is 2.20. The molecular formula is C41H38F2N6O8. The van der Waals surface area contributed by atoms with Crippen LogP contribution in [0.1, 0.15) is 52.6 Å². The predicted molar refractivity (Wildman–Crippen MR) is 208 cm³/mol. The Bertz CT molecular complexity index is 2790. The number of hydrogen-bond acceptors (Lipinski definition) is 7. The van der Waals surface area contributed by atoms with Crippen molar-refractivity contribution >= 4 is 39.6 Å². The van der Waals surface area contributed by atoms with E-state index in [0.29, 0.717) is 52.6 Å². The number of benzene rings is 4. The second-order valence-electron chi connectivity index (χ2n) is 13.9. The lowest BCUT2D eigenvalue weighted by Crippen LogP contribution is -2.56. The van der Waals surface area contributed by atoms with Crippen molar-refractivity contribution in [3.8, 4) is 0 Å². The van der Waals surface area contributed by atoms with E-state index in [0.717, 1.165) is 6.07 Å². The fourth-order valence-electron chi connectivity index (χ4n) is 6.80. The van der Waals surface area contributed by atoms with Crippen LogP contribution in [0, 0.1) is 17.6 Å². The van der Waals surface area contributed by atoms with Crippen molar-refractivity contribution in [3.63, 3.8) is 0 Å². The van der Waals surface area contributed by atoms with Gasteiger partial charge in [0, 0.05) is 31.6 Å². The smallest absolute Gasteiger partial charge is 0.338 e. The fourth-order valence-corrected chi connectivity index (χ4v) is 6.80. The van der Waals surface area contributed by atoms with Gasteiger partial charge in [0.1, 0.15) is 11.6 Å². The highest BCUT2D eigenvalue weighted by molar-refractivity contribution is 5.95. The average Bonchev–Trinajstić information content (AvgIpc) is 3.18. The summed E-state index contributed by atoms with van der Waals surface area (Å²) in [5.41, 5.74) is -0.873. The molecule has 1 fully saturated rings. The molecule has 0 bridgehead atoms. The van der Waals surface area contributed by atoms with Gasteiger partial charge in [0.25, 0.3) is 17.0 Å². The molecule has 3 N–H and O–H groups in total. The molecule has 0 saturated carbocycles. The molecule has 57 heavy (non-hydrogen) atoms. The first-order valence-electron chi connectivity index (χ1n) is 18.0. The topological polar surface area (TPSA) is 188 Å². The highest BCUT2D eigenvalue weighted by atomic mass is 19.1. The van der Waals surface area contributed by atoms with Crippen LogP contribution in [0.5, 0.6) is 0 Å². The molecule has 1 aliphatic rings. The number of rotatable bonds is 7. The Hall–Kier alpha value is -6.97. The van der Waals surface area contributed by atoms with Crippen LogP contribution in [0.4, 0.5) is 8.78 Å². The minimum atomic E-state index is -1.39. The molecule has 0 spiro atoms. The van der Waals surface area contributed by atoms with Gasteiger partial charge < -0.3 is 14.9 Å². The van der Waals surface area contributed by atoms with Crippen molar-refractivity contribution in [2.75, 3.05) is 19.6 Å². The molecule has 2 aromatic heterocycles. The zero-order valence-electron chi connectivity index (χ0n) is 31.1. The van der Waals surface area contributed by atoms with E-state index >= 15 is 0 Å². The van der Waals surface area contributed by atoms with Crippen LogP contribution in [0.25, 0.3) is 21.8 Å². The molecule has 14 nitrogen and oxygen atoms in total. The monoisotopic (exact) mass is 780 g/mol. The fraction of sp³-hybridized carbons (Fsp3) is 0.244. The maximum atomic E-state index is 14.7. The number of para-hydroxylation sites is 2. The Balaban J connectivity index is 0.000000208. The summed E-state index contributed by atoms with van der Waals surface area (Å²) in [6, 6.07) is 20.9. The van der Waals surface area contributed by atoms with Crippen molar-refractivity contribution in [3.05, 3.63) is 160 Å². The third-order valence-electron chi connectivity index (χ3n) is 9.71. The summed E-state index contributed by atoms with van der Waals surface area (Å²) in [5.74, 6) is -3.44. The van der Waals surface area contributed by atoms with Gasteiger partial charge in [-0.2, -0.15) is 0 Å². The molecule has 16 heteroatoms. The number of amides is 2. The van der Waals surface area contributed by atoms with Gasteiger partial charge in [-0.1, -0.05) is 50.2 Å². The van der Waals surface area contributed by atoms with Crippen LogP contribution in [-0.4, -0.2) is 77.5 Å². The third kappa shape index (κ3) is 8.34. The largest absolute Gasteiger partial charge is 0.478 e. The van der Waals surface area contributed by atoms with Gasteiger partial charge in [-0.05, 0) is 66.6 Å². The number of piperazine rings is 1. The number of carbonyl (C=O) groups excluding carboxylic acids is 2. The summed E-state index contributed by atoms with van der Waals surface area (Å²) in [4.78, 5) is 92.8.